The van der Waals surface area contributed by atoms with E-state index < -0.39 is 0 Å². The average molecular weight is 292 g/mol. The lowest BCUT2D eigenvalue weighted by Crippen LogP contribution is -2.12. The second-order valence-corrected chi connectivity index (χ2v) is 5.57. The second-order valence-electron chi connectivity index (χ2n) is 5.57. The topological polar surface area (TPSA) is 70.9 Å². The van der Waals surface area contributed by atoms with Gasteiger partial charge in [-0.05, 0) is 37.6 Å². The minimum atomic E-state index is 0.302. The maximum atomic E-state index is 4.52. The molecule has 110 valence electrons. The van der Waals surface area contributed by atoms with Gasteiger partial charge in [0.05, 0.1) is 5.52 Å². The van der Waals surface area contributed by atoms with Crippen molar-refractivity contribution in [2.24, 2.45) is 0 Å². The number of H-pyrrole nitrogens is 1. The first-order valence-corrected chi connectivity index (χ1v) is 7.25. The van der Waals surface area contributed by atoms with Crippen molar-refractivity contribution in [3.05, 3.63) is 43.0 Å². The Labute approximate surface area is 127 Å². The summed E-state index contributed by atoms with van der Waals surface area (Å²) in [5.74, 6) is 0.641. The Morgan fingerprint density at radius 3 is 3.05 bits per heavy atom. The summed E-state index contributed by atoms with van der Waals surface area (Å²) in [5, 5.41) is 8.44. The highest BCUT2D eigenvalue weighted by Crippen LogP contribution is 2.28. The molecule has 0 aromatic carbocycles. The molecule has 22 heavy (non-hydrogen) atoms. The minimum Gasteiger partial charge on any atom is -0.352 e. The first-order chi connectivity index (χ1) is 10.7. The van der Waals surface area contributed by atoms with Gasteiger partial charge < -0.3 is 10.3 Å². The zero-order valence-electron chi connectivity index (χ0n) is 12.4. The predicted molar refractivity (Wildman–Crippen MR) is 86.8 cm³/mol. The van der Waals surface area contributed by atoms with Crippen LogP contribution >= 0.6 is 0 Å². The van der Waals surface area contributed by atoms with Gasteiger partial charge in [-0.25, -0.2) is 9.50 Å². The normalized spacial score (nSPS) is 11.6. The molecule has 0 amide bonds. The quantitative estimate of drug-likeness (QED) is 0.608. The van der Waals surface area contributed by atoms with Crippen LogP contribution in [-0.4, -0.2) is 30.6 Å². The molecule has 4 heterocycles. The highest BCUT2D eigenvalue weighted by Gasteiger charge is 2.10. The van der Waals surface area contributed by atoms with Crippen LogP contribution in [0.25, 0.3) is 27.7 Å². The van der Waals surface area contributed by atoms with Gasteiger partial charge in [-0.3, -0.25) is 0 Å². The molecule has 4 aromatic rings. The van der Waals surface area contributed by atoms with E-state index >= 15 is 0 Å². The molecule has 0 aliphatic carbocycles. The number of hydrogen-bond donors (Lipinski definition) is 2. The van der Waals surface area contributed by atoms with Crippen LogP contribution in [0.1, 0.15) is 13.8 Å². The monoisotopic (exact) mass is 292 g/mol. The van der Waals surface area contributed by atoms with Crippen molar-refractivity contribution < 1.29 is 0 Å². The standard InChI is InChI=1S/C16H16N6/c1-10(2)20-16-18-9-14-13(8-17-15(14)21-16)11-4-6-22-12(7-11)3-5-19-22/h3-10H,1-2H3,(H2,17,18,20,21). The molecular weight excluding hydrogens is 276 g/mol. The van der Waals surface area contributed by atoms with Gasteiger partial charge in [0.1, 0.15) is 5.65 Å². The molecule has 0 atom stereocenters. The van der Waals surface area contributed by atoms with Crippen molar-refractivity contribution in [1.82, 2.24) is 24.6 Å². The van der Waals surface area contributed by atoms with E-state index in [9.17, 15) is 0 Å². The lowest BCUT2D eigenvalue weighted by molar-refractivity contribution is 0.877. The third kappa shape index (κ3) is 2.09. The number of anilines is 1. The van der Waals surface area contributed by atoms with Gasteiger partial charge in [-0.15, -0.1) is 0 Å². The molecule has 0 spiro atoms. The smallest absolute Gasteiger partial charge is 0.224 e. The van der Waals surface area contributed by atoms with Crippen LogP contribution in [0.2, 0.25) is 0 Å². The largest absolute Gasteiger partial charge is 0.352 e. The molecule has 0 radical (unpaired) electrons. The summed E-state index contributed by atoms with van der Waals surface area (Å²) in [6.07, 6.45) is 7.58. The molecule has 2 N–H and O–H groups in total. The van der Waals surface area contributed by atoms with Crippen molar-refractivity contribution in [1.29, 1.82) is 0 Å². The van der Waals surface area contributed by atoms with E-state index in [4.69, 9.17) is 0 Å². The Bertz CT molecular complexity index is 950. The number of nitrogens with zero attached hydrogens (tertiary/aromatic N) is 4. The van der Waals surface area contributed by atoms with Crippen LogP contribution in [0.3, 0.4) is 0 Å². The fourth-order valence-corrected chi connectivity index (χ4v) is 2.56. The minimum absolute atomic E-state index is 0.302. The average Bonchev–Trinajstić information content (AvgIpc) is 3.11. The van der Waals surface area contributed by atoms with Crippen LogP contribution in [-0.2, 0) is 0 Å². The zero-order valence-corrected chi connectivity index (χ0v) is 12.4. The summed E-state index contributed by atoms with van der Waals surface area (Å²) >= 11 is 0. The fraction of sp³-hybridized carbons (Fsp3) is 0.188. The van der Waals surface area contributed by atoms with E-state index in [1.165, 1.54) is 0 Å². The first kappa shape index (κ1) is 12.8. The number of aromatic amines is 1. The number of hydrogen-bond acceptors (Lipinski definition) is 4. The summed E-state index contributed by atoms with van der Waals surface area (Å²) in [5.41, 5.74) is 4.11. The van der Waals surface area contributed by atoms with E-state index in [1.54, 1.807) is 6.20 Å². The number of rotatable bonds is 3. The summed E-state index contributed by atoms with van der Waals surface area (Å²) < 4.78 is 1.85. The van der Waals surface area contributed by atoms with Gasteiger partial charge in [-0.2, -0.15) is 10.1 Å². The maximum Gasteiger partial charge on any atom is 0.224 e. The fourth-order valence-electron chi connectivity index (χ4n) is 2.56. The first-order valence-electron chi connectivity index (χ1n) is 7.25. The van der Waals surface area contributed by atoms with Crippen molar-refractivity contribution >= 4 is 22.5 Å². The number of fused-ring (bicyclic) bond motifs is 2. The number of aromatic nitrogens is 5. The molecule has 0 saturated heterocycles. The lowest BCUT2D eigenvalue weighted by atomic mass is 10.1. The Hall–Kier alpha value is -2.89. The van der Waals surface area contributed by atoms with E-state index in [1.807, 2.05) is 35.2 Å². The van der Waals surface area contributed by atoms with Gasteiger partial charge in [0.2, 0.25) is 5.95 Å². The molecule has 0 bridgehead atoms. The third-order valence-electron chi connectivity index (χ3n) is 3.56. The Balaban J connectivity index is 1.81. The number of pyridine rings is 1. The Morgan fingerprint density at radius 2 is 2.18 bits per heavy atom. The Morgan fingerprint density at radius 1 is 1.27 bits per heavy atom. The Kier molecular flexibility index (Phi) is 2.82. The van der Waals surface area contributed by atoms with Crippen LogP contribution in [0.15, 0.2) is 43.0 Å². The van der Waals surface area contributed by atoms with Gasteiger partial charge in [0, 0.05) is 41.8 Å². The van der Waals surface area contributed by atoms with Gasteiger partial charge in [0.15, 0.2) is 0 Å². The summed E-state index contributed by atoms with van der Waals surface area (Å²) in [6.45, 7) is 4.13. The maximum absolute atomic E-state index is 4.52. The van der Waals surface area contributed by atoms with E-state index in [2.05, 4.69) is 45.3 Å². The molecule has 4 rings (SSSR count). The lowest BCUT2D eigenvalue weighted by Gasteiger charge is -2.07. The zero-order chi connectivity index (χ0) is 15.1. The van der Waals surface area contributed by atoms with Gasteiger partial charge in [0.25, 0.3) is 0 Å². The van der Waals surface area contributed by atoms with Crippen molar-refractivity contribution in [3.8, 4) is 11.1 Å². The highest BCUT2D eigenvalue weighted by molar-refractivity contribution is 5.94. The molecule has 0 unspecified atom stereocenters. The molecular formula is C16H16N6. The van der Waals surface area contributed by atoms with E-state index in [0.29, 0.717) is 12.0 Å². The van der Waals surface area contributed by atoms with Crippen molar-refractivity contribution in [2.45, 2.75) is 19.9 Å². The molecule has 0 aliphatic heterocycles. The van der Waals surface area contributed by atoms with Gasteiger partial charge in [-0.1, -0.05) is 0 Å². The molecule has 6 heteroatoms. The summed E-state index contributed by atoms with van der Waals surface area (Å²) in [6, 6.07) is 6.44. The predicted octanol–water partition coefficient (Wildman–Crippen LogP) is 3.09. The SMILES string of the molecule is CC(C)Nc1ncc2c(-c3ccn4nccc4c3)c[nH]c2n1. The van der Waals surface area contributed by atoms with Crippen LogP contribution in [0, 0.1) is 0 Å². The second kappa shape index (κ2) is 4.84. The van der Waals surface area contributed by atoms with E-state index in [0.717, 1.165) is 27.7 Å². The van der Waals surface area contributed by atoms with Gasteiger partial charge >= 0.3 is 0 Å². The van der Waals surface area contributed by atoms with Crippen molar-refractivity contribution in [2.75, 3.05) is 5.32 Å². The third-order valence-corrected chi connectivity index (χ3v) is 3.56. The summed E-state index contributed by atoms with van der Waals surface area (Å²) in [7, 11) is 0. The molecule has 4 aromatic heterocycles. The van der Waals surface area contributed by atoms with Crippen molar-refractivity contribution in [3.63, 3.8) is 0 Å². The summed E-state index contributed by atoms with van der Waals surface area (Å²) in [4.78, 5) is 12.1. The molecule has 0 aliphatic rings. The molecule has 0 saturated carbocycles. The molecule has 6 nitrogen and oxygen atoms in total. The van der Waals surface area contributed by atoms with E-state index in [-0.39, 0.29) is 0 Å². The van der Waals surface area contributed by atoms with Crippen LogP contribution in [0.5, 0.6) is 0 Å². The van der Waals surface area contributed by atoms with Crippen LogP contribution in [0.4, 0.5) is 5.95 Å². The molecule has 0 fully saturated rings. The highest BCUT2D eigenvalue weighted by atomic mass is 15.2. The van der Waals surface area contributed by atoms with Crippen LogP contribution < -0.4 is 5.32 Å². The number of nitrogens with one attached hydrogen (secondary N) is 2.